The SMILES string of the molecule is CC(=O)NC1CCCN(S(=O)(=O)CCC(=O)O)C1. The molecule has 0 aromatic rings. The summed E-state index contributed by atoms with van der Waals surface area (Å²) in [6.45, 7) is 2.00. The maximum Gasteiger partial charge on any atom is 0.304 e. The molecule has 1 unspecified atom stereocenters. The topological polar surface area (TPSA) is 104 Å². The fourth-order valence-electron chi connectivity index (χ4n) is 1.95. The van der Waals surface area contributed by atoms with Gasteiger partial charge in [0, 0.05) is 26.1 Å². The van der Waals surface area contributed by atoms with Gasteiger partial charge in [-0.25, -0.2) is 8.42 Å². The summed E-state index contributed by atoms with van der Waals surface area (Å²) in [6, 6.07) is -0.184. The van der Waals surface area contributed by atoms with E-state index in [0.717, 1.165) is 6.42 Å². The van der Waals surface area contributed by atoms with Gasteiger partial charge in [0.1, 0.15) is 0 Å². The van der Waals surface area contributed by atoms with Gasteiger partial charge in [0.25, 0.3) is 0 Å². The first-order valence-corrected chi connectivity index (χ1v) is 7.39. The third-order valence-electron chi connectivity index (χ3n) is 2.76. The number of aliphatic carboxylic acids is 1. The molecule has 7 nitrogen and oxygen atoms in total. The van der Waals surface area contributed by atoms with Crippen LogP contribution in [0.15, 0.2) is 0 Å². The molecule has 1 aliphatic heterocycles. The number of carboxylic acid groups (broad SMARTS) is 1. The summed E-state index contributed by atoms with van der Waals surface area (Å²) in [5, 5.41) is 11.2. The predicted molar refractivity (Wildman–Crippen MR) is 64.5 cm³/mol. The Hall–Kier alpha value is -1.15. The van der Waals surface area contributed by atoms with Gasteiger partial charge in [-0.3, -0.25) is 9.59 Å². The van der Waals surface area contributed by atoms with E-state index in [9.17, 15) is 18.0 Å². The highest BCUT2D eigenvalue weighted by molar-refractivity contribution is 7.89. The number of carboxylic acids is 1. The highest BCUT2D eigenvalue weighted by atomic mass is 32.2. The molecule has 1 amide bonds. The van der Waals surface area contributed by atoms with Crippen LogP contribution in [0.3, 0.4) is 0 Å². The Bertz CT molecular complexity index is 420. The molecule has 0 aromatic heterocycles. The minimum atomic E-state index is -3.55. The minimum Gasteiger partial charge on any atom is -0.481 e. The molecule has 0 saturated carbocycles. The van der Waals surface area contributed by atoms with Crippen molar-refractivity contribution in [2.45, 2.75) is 32.2 Å². The Labute approximate surface area is 106 Å². The Balaban J connectivity index is 2.59. The number of piperidine rings is 1. The number of carbonyl (C=O) groups excluding carboxylic acids is 1. The molecule has 0 radical (unpaired) electrons. The van der Waals surface area contributed by atoms with Gasteiger partial charge in [-0.15, -0.1) is 0 Å². The standard InChI is InChI=1S/C10H18N2O5S/c1-8(13)11-9-3-2-5-12(7-9)18(16,17)6-4-10(14)15/h9H,2-7H2,1H3,(H,11,13)(H,14,15). The van der Waals surface area contributed by atoms with Crippen LogP contribution < -0.4 is 5.32 Å². The molecule has 1 atom stereocenters. The van der Waals surface area contributed by atoms with Crippen molar-refractivity contribution in [3.05, 3.63) is 0 Å². The lowest BCUT2D eigenvalue weighted by Crippen LogP contribution is -2.49. The molecular formula is C10H18N2O5S. The minimum absolute atomic E-state index is 0.184. The number of sulfonamides is 1. The first kappa shape index (κ1) is 14.9. The first-order chi connectivity index (χ1) is 8.31. The monoisotopic (exact) mass is 278 g/mol. The van der Waals surface area contributed by atoms with Gasteiger partial charge in [0.2, 0.25) is 15.9 Å². The molecule has 1 heterocycles. The van der Waals surface area contributed by atoms with Crippen LogP contribution >= 0.6 is 0 Å². The maximum absolute atomic E-state index is 11.9. The molecule has 1 fully saturated rings. The van der Waals surface area contributed by atoms with Crippen molar-refractivity contribution in [3.63, 3.8) is 0 Å². The smallest absolute Gasteiger partial charge is 0.304 e. The van der Waals surface area contributed by atoms with Gasteiger partial charge < -0.3 is 10.4 Å². The summed E-state index contributed by atoms with van der Waals surface area (Å²) in [4.78, 5) is 21.3. The molecule has 8 heteroatoms. The number of nitrogens with one attached hydrogen (secondary N) is 1. The highest BCUT2D eigenvalue weighted by Crippen LogP contribution is 2.15. The molecule has 1 rings (SSSR count). The van der Waals surface area contributed by atoms with Crippen molar-refractivity contribution in [2.75, 3.05) is 18.8 Å². The average molecular weight is 278 g/mol. The lowest BCUT2D eigenvalue weighted by molar-refractivity contribution is -0.136. The summed E-state index contributed by atoms with van der Waals surface area (Å²) in [5.41, 5.74) is 0. The molecule has 0 aliphatic carbocycles. The summed E-state index contributed by atoms with van der Waals surface area (Å²) in [5.74, 6) is -1.71. The van der Waals surface area contributed by atoms with Crippen molar-refractivity contribution in [3.8, 4) is 0 Å². The van der Waals surface area contributed by atoms with E-state index in [1.165, 1.54) is 11.2 Å². The third kappa shape index (κ3) is 4.61. The van der Waals surface area contributed by atoms with Gasteiger partial charge in [0.05, 0.1) is 12.2 Å². The number of rotatable bonds is 5. The van der Waals surface area contributed by atoms with Crippen LogP contribution in [0.5, 0.6) is 0 Å². The van der Waals surface area contributed by atoms with E-state index in [1.54, 1.807) is 0 Å². The number of carbonyl (C=O) groups is 2. The van der Waals surface area contributed by atoms with E-state index in [1.807, 2.05) is 0 Å². The zero-order chi connectivity index (χ0) is 13.8. The molecule has 18 heavy (non-hydrogen) atoms. The van der Waals surface area contributed by atoms with Gasteiger partial charge in [-0.05, 0) is 12.8 Å². The van der Waals surface area contributed by atoms with Gasteiger partial charge in [-0.2, -0.15) is 4.31 Å². The normalized spacial score (nSPS) is 21.5. The van der Waals surface area contributed by atoms with Crippen LogP contribution in [-0.4, -0.2) is 54.6 Å². The number of nitrogens with zero attached hydrogens (tertiary/aromatic N) is 1. The van der Waals surface area contributed by atoms with Crippen molar-refractivity contribution in [1.29, 1.82) is 0 Å². The van der Waals surface area contributed by atoms with Crippen molar-refractivity contribution >= 4 is 21.9 Å². The fraction of sp³-hybridized carbons (Fsp3) is 0.800. The molecule has 104 valence electrons. The molecule has 0 bridgehead atoms. The van der Waals surface area contributed by atoms with Gasteiger partial charge in [0.15, 0.2) is 0 Å². The Morgan fingerprint density at radius 2 is 2.11 bits per heavy atom. The second-order valence-corrected chi connectivity index (χ2v) is 6.45. The third-order valence-corrected chi connectivity index (χ3v) is 4.60. The van der Waals surface area contributed by atoms with Crippen molar-refractivity contribution in [2.24, 2.45) is 0 Å². The second-order valence-electron chi connectivity index (χ2n) is 4.36. The molecule has 1 aliphatic rings. The van der Waals surface area contributed by atoms with Gasteiger partial charge in [-0.1, -0.05) is 0 Å². The largest absolute Gasteiger partial charge is 0.481 e. The van der Waals surface area contributed by atoms with E-state index in [0.29, 0.717) is 13.0 Å². The fourth-order valence-corrected chi connectivity index (χ4v) is 3.45. The summed E-state index contributed by atoms with van der Waals surface area (Å²) in [6.07, 6.45) is 1.01. The number of amides is 1. The Morgan fingerprint density at radius 1 is 1.44 bits per heavy atom. The molecule has 0 spiro atoms. The maximum atomic E-state index is 11.9. The van der Waals surface area contributed by atoms with E-state index in [-0.39, 0.29) is 18.5 Å². The number of hydrogen-bond acceptors (Lipinski definition) is 4. The van der Waals surface area contributed by atoms with Crippen LogP contribution in [0, 0.1) is 0 Å². The second kappa shape index (κ2) is 6.14. The summed E-state index contributed by atoms with van der Waals surface area (Å²) < 4.78 is 25.0. The zero-order valence-corrected chi connectivity index (χ0v) is 11.1. The number of hydrogen-bond donors (Lipinski definition) is 2. The van der Waals surface area contributed by atoms with Crippen LogP contribution in [0.25, 0.3) is 0 Å². The van der Waals surface area contributed by atoms with Crippen LogP contribution in [0.1, 0.15) is 26.2 Å². The molecule has 2 N–H and O–H groups in total. The zero-order valence-electron chi connectivity index (χ0n) is 10.3. The Kier molecular flexibility index (Phi) is 5.09. The van der Waals surface area contributed by atoms with Crippen molar-refractivity contribution in [1.82, 2.24) is 9.62 Å². The van der Waals surface area contributed by atoms with Crippen LogP contribution in [0.2, 0.25) is 0 Å². The van der Waals surface area contributed by atoms with Crippen molar-refractivity contribution < 1.29 is 23.1 Å². The quantitative estimate of drug-likeness (QED) is 0.698. The average Bonchev–Trinajstić information content (AvgIpc) is 2.26. The predicted octanol–water partition coefficient (Wildman–Crippen LogP) is -0.609. The lowest BCUT2D eigenvalue weighted by Gasteiger charge is -2.32. The summed E-state index contributed by atoms with van der Waals surface area (Å²) >= 11 is 0. The van der Waals surface area contributed by atoms with E-state index in [2.05, 4.69) is 5.32 Å². The molecule has 1 saturated heterocycles. The van der Waals surface area contributed by atoms with Crippen LogP contribution in [-0.2, 0) is 19.6 Å². The van der Waals surface area contributed by atoms with Crippen LogP contribution in [0.4, 0.5) is 0 Å². The molecule has 0 aromatic carbocycles. The van der Waals surface area contributed by atoms with E-state index >= 15 is 0 Å². The first-order valence-electron chi connectivity index (χ1n) is 5.78. The van der Waals surface area contributed by atoms with Gasteiger partial charge >= 0.3 is 5.97 Å². The lowest BCUT2D eigenvalue weighted by atomic mass is 10.1. The summed E-state index contributed by atoms with van der Waals surface area (Å²) in [7, 11) is -3.55. The highest BCUT2D eigenvalue weighted by Gasteiger charge is 2.29. The van der Waals surface area contributed by atoms with E-state index in [4.69, 9.17) is 5.11 Å². The Morgan fingerprint density at radius 3 is 2.67 bits per heavy atom. The molecular weight excluding hydrogens is 260 g/mol. The van der Waals surface area contributed by atoms with E-state index < -0.39 is 28.2 Å².